The minimum Gasteiger partial charge on any atom is -0.490 e. The molecule has 0 saturated heterocycles. The third kappa shape index (κ3) is 3.99. The van der Waals surface area contributed by atoms with E-state index in [-0.39, 0.29) is 12.4 Å². The van der Waals surface area contributed by atoms with Gasteiger partial charge in [-0.05, 0) is 61.4 Å². The van der Waals surface area contributed by atoms with E-state index in [2.05, 4.69) is 0 Å². The molecule has 1 saturated carbocycles. The molecular formula is C17H15ClO3. The van der Waals surface area contributed by atoms with Crippen molar-refractivity contribution in [3.63, 3.8) is 0 Å². The first-order chi connectivity index (χ1) is 10.2. The van der Waals surface area contributed by atoms with Crippen LogP contribution in [0, 0.1) is 0 Å². The van der Waals surface area contributed by atoms with E-state index in [0.29, 0.717) is 22.4 Å². The molecule has 1 aliphatic carbocycles. The summed E-state index contributed by atoms with van der Waals surface area (Å²) >= 11 is 5.79. The van der Waals surface area contributed by atoms with Crippen molar-refractivity contribution < 1.29 is 14.3 Å². The van der Waals surface area contributed by atoms with Crippen molar-refractivity contribution in [3.05, 3.63) is 59.1 Å². The molecule has 0 spiro atoms. The molecule has 0 unspecified atom stereocenters. The molecule has 0 amide bonds. The molecule has 0 aliphatic heterocycles. The van der Waals surface area contributed by atoms with Gasteiger partial charge in [-0.1, -0.05) is 11.6 Å². The predicted molar refractivity (Wildman–Crippen MR) is 81.4 cm³/mol. The molecule has 2 aromatic rings. The van der Waals surface area contributed by atoms with Crippen LogP contribution in [0.1, 0.15) is 23.2 Å². The summed E-state index contributed by atoms with van der Waals surface area (Å²) in [6.45, 7) is 0.00443. The van der Waals surface area contributed by atoms with Crippen molar-refractivity contribution in [2.24, 2.45) is 0 Å². The van der Waals surface area contributed by atoms with Gasteiger partial charge in [-0.15, -0.1) is 0 Å². The van der Waals surface area contributed by atoms with Gasteiger partial charge in [0.2, 0.25) is 0 Å². The lowest BCUT2D eigenvalue weighted by molar-refractivity contribution is 0.0921. The quantitative estimate of drug-likeness (QED) is 0.752. The number of ether oxygens (including phenoxy) is 2. The van der Waals surface area contributed by atoms with Crippen LogP contribution in [-0.4, -0.2) is 18.5 Å². The van der Waals surface area contributed by atoms with Gasteiger partial charge in [-0.3, -0.25) is 4.79 Å². The van der Waals surface area contributed by atoms with E-state index in [9.17, 15) is 4.79 Å². The van der Waals surface area contributed by atoms with Gasteiger partial charge < -0.3 is 9.47 Å². The van der Waals surface area contributed by atoms with Gasteiger partial charge >= 0.3 is 0 Å². The molecule has 4 heteroatoms. The zero-order chi connectivity index (χ0) is 14.7. The summed E-state index contributed by atoms with van der Waals surface area (Å²) < 4.78 is 11.1. The molecule has 3 nitrogen and oxygen atoms in total. The van der Waals surface area contributed by atoms with Crippen molar-refractivity contribution >= 4 is 17.4 Å². The molecule has 0 bridgehead atoms. The first-order valence-corrected chi connectivity index (χ1v) is 7.27. The lowest BCUT2D eigenvalue weighted by Gasteiger charge is -2.07. The van der Waals surface area contributed by atoms with Crippen LogP contribution in [0.15, 0.2) is 48.5 Å². The van der Waals surface area contributed by atoms with Crippen LogP contribution in [0.2, 0.25) is 5.02 Å². The molecule has 1 aliphatic rings. The van der Waals surface area contributed by atoms with Crippen LogP contribution < -0.4 is 9.47 Å². The van der Waals surface area contributed by atoms with Crippen LogP contribution in [0.5, 0.6) is 11.5 Å². The van der Waals surface area contributed by atoms with Crippen molar-refractivity contribution in [2.75, 3.05) is 6.61 Å². The number of halogens is 1. The Morgan fingerprint density at radius 2 is 1.62 bits per heavy atom. The fraction of sp³-hybridized carbons (Fsp3) is 0.235. The van der Waals surface area contributed by atoms with E-state index in [1.807, 2.05) is 12.1 Å². The summed E-state index contributed by atoms with van der Waals surface area (Å²) in [7, 11) is 0. The van der Waals surface area contributed by atoms with Gasteiger partial charge in [-0.25, -0.2) is 0 Å². The Hall–Kier alpha value is -2.00. The highest BCUT2D eigenvalue weighted by atomic mass is 35.5. The molecular weight excluding hydrogens is 288 g/mol. The van der Waals surface area contributed by atoms with Gasteiger partial charge in [0.1, 0.15) is 11.5 Å². The van der Waals surface area contributed by atoms with E-state index in [4.69, 9.17) is 21.1 Å². The third-order valence-electron chi connectivity index (χ3n) is 3.19. The van der Waals surface area contributed by atoms with Crippen LogP contribution in [0.3, 0.4) is 0 Å². The van der Waals surface area contributed by atoms with Crippen molar-refractivity contribution in [2.45, 2.75) is 18.9 Å². The zero-order valence-corrected chi connectivity index (χ0v) is 12.2. The van der Waals surface area contributed by atoms with Gasteiger partial charge in [0.25, 0.3) is 0 Å². The molecule has 0 N–H and O–H groups in total. The molecule has 0 heterocycles. The minimum absolute atomic E-state index is 0.00443. The number of ketones is 1. The molecule has 0 radical (unpaired) electrons. The summed E-state index contributed by atoms with van der Waals surface area (Å²) in [6.07, 6.45) is 2.60. The Morgan fingerprint density at radius 3 is 2.24 bits per heavy atom. The lowest BCUT2D eigenvalue weighted by Crippen LogP contribution is -2.11. The van der Waals surface area contributed by atoms with E-state index >= 15 is 0 Å². The molecule has 2 aromatic carbocycles. The van der Waals surface area contributed by atoms with Crippen LogP contribution in [0.25, 0.3) is 0 Å². The van der Waals surface area contributed by atoms with E-state index in [1.54, 1.807) is 36.4 Å². The Balaban J connectivity index is 1.55. The third-order valence-corrected chi connectivity index (χ3v) is 3.44. The highest BCUT2D eigenvalue weighted by molar-refractivity contribution is 6.30. The average molecular weight is 303 g/mol. The van der Waals surface area contributed by atoms with Gasteiger partial charge in [-0.2, -0.15) is 0 Å². The van der Waals surface area contributed by atoms with Gasteiger partial charge in [0, 0.05) is 10.6 Å². The first-order valence-electron chi connectivity index (χ1n) is 6.89. The maximum Gasteiger partial charge on any atom is 0.200 e. The summed E-state index contributed by atoms with van der Waals surface area (Å²) in [4.78, 5) is 12.0. The summed E-state index contributed by atoms with van der Waals surface area (Å²) in [5.41, 5.74) is 0.618. The smallest absolute Gasteiger partial charge is 0.200 e. The molecule has 108 valence electrons. The van der Waals surface area contributed by atoms with Crippen LogP contribution >= 0.6 is 11.6 Å². The largest absolute Gasteiger partial charge is 0.490 e. The predicted octanol–water partition coefficient (Wildman–Crippen LogP) is 4.14. The number of hydrogen-bond acceptors (Lipinski definition) is 3. The van der Waals surface area contributed by atoms with Crippen LogP contribution in [-0.2, 0) is 0 Å². The second-order valence-corrected chi connectivity index (χ2v) is 5.44. The second kappa shape index (κ2) is 6.19. The maximum absolute atomic E-state index is 12.0. The highest BCUT2D eigenvalue weighted by Gasteiger charge is 2.23. The Bertz CT molecular complexity index is 615. The minimum atomic E-state index is -0.0667. The van der Waals surface area contributed by atoms with Crippen molar-refractivity contribution in [1.29, 1.82) is 0 Å². The molecule has 21 heavy (non-hydrogen) atoms. The second-order valence-electron chi connectivity index (χ2n) is 5.01. The van der Waals surface area contributed by atoms with E-state index in [1.165, 1.54) is 0 Å². The topological polar surface area (TPSA) is 35.5 Å². The standard InChI is InChI=1S/C17H15ClO3/c18-13-3-7-14(8-4-13)20-11-17(19)12-1-5-15(6-2-12)21-16-9-10-16/h1-8,16H,9-11H2. The average Bonchev–Trinajstić information content (AvgIpc) is 3.31. The van der Waals surface area contributed by atoms with Crippen molar-refractivity contribution in [3.8, 4) is 11.5 Å². The molecule has 1 fully saturated rings. The fourth-order valence-electron chi connectivity index (χ4n) is 1.86. The number of carbonyl (C=O) groups excluding carboxylic acids is 1. The Morgan fingerprint density at radius 1 is 1.00 bits per heavy atom. The Labute approximate surface area is 128 Å². The Kier molecular flexibility index (Phi) is 4.11. The molecule has 0 aromatic heterocycles. The summed E-state index contributed by atoms with van der Waals surface area (Å²) in [6, 6.07) is 14.1. The molecule has 3 rings (SSSR count). The molecule has 0 atom stereocenters. The summed E-state index contributed by atoms with van der Waals surface area (Å²) in [5, 5.41) is 0.639. The number of hydrogen-bond donors (Lipinski definition) is 0. The van der Waals surface area contributed by atoms with Crippen LogP contribution in [0.4, 0.5) is 0 Å². The van der Waals surface area contributed by atoms with E-state index in [0.717, 1.165) is 18.6 Å². The number of benzene rings is 2. The monoisotopic (exact) mass is 302 g/mol. The summed E-state index contributed by atoms with van der Waals surface area (Å²) in [5.74, 6) is 1.37. The van der Waals surface area contributed by atoms with Gasteiger partial charge in [0.05, 0.1) is 6.10 Å². The van der Waals surface area contributed by atoms with Gasteiger partial charge in [0.15, 0.2) is 12.4 Å². The van der Waals surface area contributed by atoms with E-state index < -0.39 is 0 Å². The fourth-order valence-corrected chi connectivity index (χ4v) is 1.99. The zero-order valence-electron chi connectivity index (χ0n) is 11.4. The lowest BCUT2D eigenvalue weighted by atomic mass is 10.1. The normalized spacial score (nSPS) is 13.8. The number of Topliss-reactive ketones (excluding diaryl/α,β-unsaturated/α-hetero) is 1. The SMILES string of the molecule is O=C(COc1ccc(Cl)cc1)c1ccc(OC2CC2)cc1. The maximum atomic E-state index is 12.0. The number of carbonyl (C=O) groups is 1. The highest BCUT2D eigenvalue weighted by Crippen LogP contribution is 2.26. The first kappa shape index (κ1) is 14.0. The van der Waals surface area contributed by atoms with Crippen molar-refractivity contribution in [1.82, 2.24) is 0 Å². The number of rotatable bonds is 6.